The molecule has 2 unspecified atom stereocenters. The predicted molar refractivity (Wildman–Crippen MR) is 68.3 cm³/mol. The van der Waals surface area contributed by atoms with Gasteiger partial charge in [0.1, 0.15) is 0 Å². The Labute approximate surface area is 107 Å². The SMILES string of the molecule is Cc1cc(CN2CC(C)OC(CCl)C2)n(C)n1. The number of hydrogen-bond donors (Lipinski definition) is 0. The number of alkyl halides is 1. The minimum atomic E-state index is 0.148. The molecule has 0 aromatic carbocycles. The van der Waals surface area contributed by atoms with Gasteiger partial charge in [0.15, 0.2) is 0 Å². The zero-order valence-electron chi connectivity index (χ0n) is 10.7. The van der Waals surface area contributed by atoms with Gasteiger partial charge in [-0.05, 0) is 19.9 Å². The van der Waals surface area contributed by atoms with Crippen LogP contribution in [0.1, 0.15) is 18.3 Å². The maximum atomic E-state index is 5.88. The van der Waals surface area contributed by atoms with Crippen molar-refractivity contribution in [2.45, 2.75) is 32.6 Å². The minimum absolute atomic E-state index is 0.148. The van der Waals surface area contributed by atoms with Crippen molar-refractivity contribution in [1.29, 1.82) is 0 Å². The standard InChI is InChI=1S/C12H20ClN3O/c1-9-4-11(15(3)14-9)7-16-6-10(2)17-12(5-13)8-16/h4,10,12H,5-8H2,1-3H3. The Morgan fingerprint density at radius 1 is 1.53 bits per heavy atom. The molecule has 2 rings (SSSR count). The van der Waals surface area contributed by atoms with Gasteiger partial charge >= 0.3 is 0 Å². The molecule has 1 saturated heterocycles. The number of ether oxygens (including phenoxy) is 1. The summed E-state index contributed by atoms with van der Waals surface area (Å²) in [5.74, 6) is 0.561. The summed E-state index contributed by atoms with van der Waals surface area (Å²) < 4.78 is 7.69. The van der Waals surface area contributed by atoms with Gasteiger partial charge < -0.3 is 4.74 Å². The predicted octanol–water partition coefficient (Wildman–Crippen LogP) is 1.56. The Morgan fingerprint density at radius 3 is 2.88 bits per heavy atom. The third-order valence-electron chi connectivity index (χ3n) is 3.06. The zero-order chi connectivity index (χ0) is 12.4. The fourth-order valence-corrected chi connectivity index (χ4v) is 2.57. The molecule has 2 atom stereocenters. The molecule has 1 aromatic rings. The van der Waals surface area contributed by atoms with Gasteiger partial charge in [-0.25, -0.2) is 0 Å². The topological polar surface area (TPSA) is 30.3 Å². The molecule has 0 aliphatic carbocycles. The Bertz CT molecular complexity index is 380. The van der Waals surface area contributed by atoms with Crippen LogP contribution in [0.4, 0.5) is 0 Å². The molecule has 0 saturated carbocycles. The third kappa shape index (κ3) is 3.21. The first kappa shape index (κ1) is 12.9. The summed E-state index contributed by atoms with van der Waals surface area (Å²) in [5, 5.41) is 4.37. The van der Waals surface area contributed by atoms with Crippen molar-refractivity contribution in [1.82, 2.24) is 14.7 Å². The second kappa shape index (κ2) is 5.38. The first-order chi connectivity index (χ1) is 8.08. The highest BCUT2D eigenvalue weighted by atomic mass is 35.5. The van der Waals surface area contributed by atoms with Gasteiger partial charge in [0, 0.05) is 32.6 Å². The van der Waals surface area contributed by atoms with Gasteiger partial charge in [0.2, 0.25) is 0 Å². The molecule has 1 aliphatic rings. The lowest BCUT2D eigenvalue weighted by molar-refractivity contribution is -0.0694. The quantitative estimate of drug-likeness (QED) is 0.770. The molecular weight excluding hydrogens is 238 g/mol. The van der Waals surface area contributed by atoms with Crippen molar-refractivity contribution in [3.8, 4) is 0 Å². The molecule has 0 bridgehead atoms. The molecule has 2 heterocycles. The summed E-state index contributed by atoms with van der Waals surface area (Å²) in [7, 11) is 1.99. The molecule has 96 valence electrons. The molecule has 1 aromatic heterocycles. The highest BCUT2D eigenvalue weighted by molar-refractivity contribution is 6.18. The van der Waals surface area contributed by atoms with E-state index in [-0.39, 0.29) is 12.2 Å². The highest BCUT2D eigenvalue weighted by Crippen LogP contribution is 2.15. The molecular formula is C12H20ClN3O. The van der Waals surface area contributed by atoms with Crippen molar-refractivity contribution < 1.29 is 4.74 Å². The van der Waals surface area contributed by atoms with E-state index in [1.807, 2.05) is 18.7 Å². The van der Waals surface area contributed by atoms with E-state index in [0.29, 0.717) is 5.88 Å². The molecule has 0 amide bonds. The van der Waals surface area contributed by atoms with Crippen LogP contribution in [-0.4, -0.2) is 45.9 Å². The number of rotatable bonds is 3. The molecule has 17 heavy (non-hydrogen) atoms. The maximum Gasteiger partial charge on any atom is 0.0841 e. The number of aromatic nitrogens is 2. The van der Waals surface area contributed by atoms with Crippen LogP contribution in [0.25, 0.3) is 0 Å². The fourth-order valence-electron chi connectivity index (χ4n) is 2.40. The van der Waals surface area contributed by atoms with Gasteiger partial charge in [-0.3, -0.25) is 9.58 Å². The second-order valence-electron chi connectivity index (χ2n) is 4.82. The van der Waals surface area contributed by atoms with Crippen LogP contribution < -0.4 is 0 Å². The summed E-state index contributed by atoms with van der Waals surface area (Å²) in [6, 6.07) is 2.13. The number of nitrogens with zero attached hydrogens (tertiary/aromatic N) is 3. The second-order valence-corrected chi connectivity index (χ2v) is 5.13. The van der Waals surface area contributed by atoms with Crippen LogP contribution in [0.3, 0.4) is 0 Å². The molecule has 0 spiro atoms. The van der Waals surface area contributed by atoms with Crippen LogP contribution in [0.5, 0.6) is 0 Å². The summed E-state index contributed by atoms with van der Waals surface area (Å²) in [6.07, 6.45) is 0.400. The van der Waals surface area contributed by atoms with Crippen molar-refractivity contribution >= 4 is 11.6 Å². The average Bonchev–Trinajstić information content (AvgIpc) is 2.56. The van der Waals surface area contributed by atoms with E-state index in [2.05, 4.69) is 23.0 Å². The van der Waals surface area contributed by atoms with E-state index in [9.17, 15) is 0 Å². The summed E-state index contributed by atoms with van der Waals surface area (Å²) in [6.45, 7) is 6.89. The summed E-state index contributed by atoms with van der Waals surface area (Å²) >= 11 is 5.88. The van der Waals surface area contributed by atoms with Crippen molar-refractivity contribution in [2.75, 3.05) is 19.0 Å². The van der Waals surface area contributed by atoms with E-state index in [4.69, 9.17) is 16.3 Å². The largest absolute Gasteiger partial charge is 0.371 e. The van der Waals surface area contributed by atoms with E-state index >= 15 is 0 Å². The van der Waals surface area contributed by atoms with Crippen LogP contribution >= 0.6 is 11.6 Å². The number of morpholine rings is 1. The zero-order valence-corrected chi connectivity index (χ0v) is 11.4. The molecule has 4 nitrogen and oxygen atoms in total. The van der Waals surface area contributed by atoms with E-state index in [1.165, 1.54) is 5.69 Å². The number of hydrogen-bond acceptors (Lipinski definition) is 3. The van der Waals surface area contributed by atoms with Crippen molar-refractivity contribution in [3.05, 3.63) is 17.5 Å². The Hall–Kier alpha value is -0.580. The van der Waals surface area contributed by atoms with Gasteiger partial charge in [-0.1, -0.05) is 0 Å². The minimum Gasteiger partial charge on any atom is -0.371 e. The Morgan fingerprint density at radius 2 is 2.29 bits per heavy atom. The van der Waals surface area contributed by atoms with Crippen molar-refractivity contribution in [3.63, 3.8) is 0 Å². The number of halogens is 1. The fraction of sp³-hybridized carbons (Fsp3) is 0.750. The maximum absolute atomic E-state index is 5.88. The molecule has 1 fully saturated rings. The van der Waals surface area contributed by atoms with E-state index in [1.54, 1.807) is 0 Å². The summed E-state index contributed by atoms with van der Waals surface area (Å²) in [5.41, 5.74) is 2.31. The van der Waals surface area contributed by atoms with Gasteiger partial charge in [0.05, 0.1) is 23.6 Å². The molecule has 1 aliphatic heterocycles. The number of aryl methyl sites for hydroxylation is 2. The first-order valence-electron chi connectivity index (χ1n) is 6.01. The third-order valence-corrected chi connectivity index (χ3v) is 3.40. The first-order valence-corrected chi connectivity index (χ1v) is 6.55. The van der Waals surface area contributed by atoms with Crippen LogP contribution in [-0.2, 0) is 18.3 Å². The average molecular weight is 258 g/mol. The van der Waals surface area contributed by atoms with E-state index < -0.39 is 0 Å². The van der Waals surface area contributed by atoms with Crippen LogP contribution in [0.15, 0.2) is 6.07 Å². The van der Waals surface area contributed by atoms with Crippen LogP contribution in [0, 0.1) is 6.92 Å². The van der Waals surface area contributed by atoms with Gasteiger partial charge in [-0.15, -0.1) is 11.6 Å². The molecule has 5 heteroatoms. The lowest BCUT2D eigenvalue weighted by atomic mass is 10.2. The van der Waals surface area contributed by atoms with Gasteiger partial charge in [0.25, 0.3) is 0 Å². The monoisotopic (exact) mass is 257 g/mol. The lowest BCUT2D eigenvalue weighted by Crippen LogP contribution is -2.46. The lowest BCUT2D eigenvalue weighted by Gasteiger charge is -2.35. The Balaban J connectivity index is 2.00. The van der Waals surface area contributed by atoms with Crippen molar-refractivity contribution in [2.24, 2.45) is 7.05 Å². The van der Waals surface area contributed by atoms with Crippen LogP contribution in [0.2, 0.25) is 0 Å². The summed E-state index contributed by atoms with van der Waals surface area (Å²) in [4.78, 5) is 2.39. The molecule has 0 radical (unpaired) electrons. The highest BCUT2D eigenvalue weighted by Gasteiger charge is 2.25. The smallest absolute Gasteiger partial charge is 0.0841 e. The molecule has 0 N–H and O–H groups in total. The normalized spacial score (nSPS) is 26.4. The van der Waals surface area contributed by atoms with E-state index in [0.717, 1.165) is 25.3 Å². The van der Waals surface area contributed by atoms with Gasteiger partial charge in [-0.2, -0.15) is 5.10 Å². The Kier molecular flexibility index (Phi) is 4.07.